The number of nitrogens with zero attached hydrogens (tertiary/aromatic N) is 3. The molecule has 0 radical (unpaired) electrons. The van der Waals surface area contributed by atoms with Crippen LogP contribution in [0.2, 0.25) is 0 Å². The van der Waals surface area contributed by atoms with Crippen molar-refractivity contribution in [3.63, 3.8) is 0 Å². The Morgan fingerprint density at radius 2 is 1.68 bits per heavy atom. The molecule has 2 N–H and O–H groups in total. The second kappa shape index (κ2) is 16.5. The molecule has 2 fully saturated rings. The Balaban J connectivity index is 0.000000512. The van der Waals surface area contributed by atoms with Gasteiger partial charge in [0.15, 0.2) is 0 Å². The highest BCUT2D eigenvalue weighted by molar-refractivity contribution is 6.00. The van der Waals surface area contributed by atoms with Crippen LogP contribution >= 0.6 is 0 Å². The monoisotopic (exact) mass is 437 g/mol. The number of unbranched alkanes of at least 4 members (excludes halogenated alkanes) is 2. The predicted octanol–water partition coefficient (Wildman–Crippen LogP) is 3.40. The zero-order chi connectivity index (χ0) is 22.9. The molecule has 1 aliphatic carbocycles. The van der Waals surface area contributed by atoms with Crippen molar-refractivity contribution in [3.05, 3.63) is 23.8 Å². The number of allylic oxidation sites excluding steroid dienone is 2. The maximum atomic E-state index is 9.55. The summed E-state index contributed by atoms with van der Waals surface area (Å²) in [6, 6.07) is 0. The van der Waals surface area contributed by atoms with Crippen LogP contribution in [0.25, 0.3) is 0 Å². The molecule has 0 unspecified atom stereocenters. The van der Waals surface area contributed by atoms with Gasteiger partial charge in [0.1, 0.15) is 6.61 Å². The predicted molar refractivity (Wildman–Crippen MR) is 122 cm³/mol. The van der Waals surface area contributed by atoms with Crippen molar-refractivity contribution < 1.29 is 24.6 Å². The normalized spacial score (nSPS) is 20.6. The topological polar surface area (TPSA) is 103 Å². The molecule has 176 valence electrons. The van der Waals surface area contributed by atoms with E-state index in [0.717, 1.165) is 26.0 Å². The van der Waals surface area contributed by atoms with Gasteiger partial charge in [-0.25, -0.2) is 9.59 Å². The van der Waals surface area contributed by atoms with Crippen LogP contribution < -0.4 is 0 Å². The Bertz CT molecular complexity index is 607. The Kier molecular flexibility index (Phi) is 14.3. The van der Waals surface area contributed by atoms with Gasteiger partial charge >= 0.3 is 11.9 Å². The van der Waals surface area contributed by atoms with E-state index in [1.807, 2.05) is 0 Å². The van der Waals surface area contributed by atoms with Crippen molar-refractivity contribution in [1.82, 2.24) is 9.80 Å². The van der Waals surface area contributed by atoms with Gasteiger partial charge in [0, 0.05) is 44.9 Å². The van der Waals surface area contributed by atoms with Crippen LogP contribution in [0.3, 0.4) is 0 Å². The summed E-state index contributed by atoms with van der Waals surface area (Å²) < 4.78 is 0. The van der Waals surface area contributed by atoms with E-state index in [9.17, 15) is 9.59 Å². The van der Waals surface area contributed by atoms with Gasteiger partial charge in [-0.2, -0.15) is 0 Å². The second-order valence-corrected chi connectivity index (χ2v) is 7.96. The van der Waals surface area contributed by atoms with Crippen molar-refractivity contribution in [1.29, 1.82) is 0 Å². The fraction of sp³-hybridized carbons (Fsp3) is 0.696. The number of hydrogen-bond acceptors (Lipinski definition) is 6. The van der Waals surface area contributed by atoms with E-state index in [4.69, 9.17) is 15.1 Å². The maximum Gasteiger partial charge on any atom is 0.328 e. The molecule has 0 atom stereocenters. The molecule has 8 nitrogen and oxygen atoms in total. The standard InChI is InChI=1S/C19H35N3O.C4H4O4/c1-3-4-5-9-18-10-6-7-11-19(18)20-23-17-8-12-22-15-13-21(2)14-16-22;5-3(6)1-2-4(7)8/h9H,3-8,10-17H2,1-2H3;1-2H,(H,5,6)(H,7,8)/b18-9+,20-19+;2-1+. The lowest BCUT2D eigenvalue weighted by atomic mass is 9.92. The number of carboxylic acids is 2. The SMILES string of the molecule is CCCC/C=C1\CCCC\C1=N/OCCCN1CCN(C)CC1.O=C(O)/C=C/C(=O)O. The Morgan fingerprint density at radius 1 is 1.03 bits per heavy atom. The molecule has 0 aromatic rings. The zero-order valence-corrected chi connectivity index (χ0v) is 19.1. The molecule has 0 aromatic carbocycles. The molecular formula is C23H39N3O5. The minimum absolute atomic E-state index is 0.558. The fourth-order valence-corrected chi connectivity index (χ4v) is 3.41. The molecule has 0 spiro atoms. The minimum atomic E-state index is -1.26. The molecule has 0 bridgehead atoms. The number of carboxylic acid groups (broad SMARTS) is 2. The van der Waals surface area contributed by atoms with Crippen LogP contribution in [0.5, 0.6) is 0 Å². The van der Waals surface area contributed by atoms with Crippen molar-refractivity contribution >= 4 is 17.7 Å². The first-order chi connectivity index (χ1) is 14.9. The molecule has 2 rings (SSSR count). The molecule has 1 saturated carbocycles. The fourth-order valence-electron chi connectivity index (χ4n) is 3.41. The van der Waals surface area contributed by atoms with E-state index in [1.54, 1.807) is 0 Å². The Hall–Kier alpha value is -2.19. The smallest absolute Gasteiger partial charge is 0.328 e. The quantitative estimate of drug-likeness (QED) is 0.307. The van der Waals surface area contributed by atoms with Crippen LogP contribution in [-0.2, 0) is 14.4 Å². The molecule has 1 aliphatic heterocycles. The van der Waals surface area contributed by atoms with Gasteiger partial charge in [0.25, 0.3) is 0 Å². The van der Waals surface area contributed by atoms with Gasteiger partial charge in [-0.1, -0.05) is 31.0 Å². The van der Waals surface area contributed by atoms with E-state index >= 15 is 0 Å². The lowest BCUT2D eigenvalue weighted by molar-refractivity contribution is -0.134. The third-order valence-corrected chi connectivity index (χ3v) is 5.28. The van der Waals surface area contributed by atoms with Crippen LogP contribution in [0.15, 0.2) is 29.0 Å². The summed E-state index contributed by atoms with van der Waals surface area (Å²) in [7, 11) is 2.20. The van der Waals surface area contributed by atoms with E-state index in [0.29, 0.717) is 12.2 Å². The molecule has 0 amide bonds. The van der Waals surface area contributed by atoms with E-state index in [2.05, 4.69) is 35.0 Å². The summed E-state index contributed by atoms with van der Waals surface area (Å²) in [5, 5.41) is 20.1. The number of carbonyl (C=O) groups is 2. The highest BCUT2D eigenvalue weighted by Crippen LogP contribution is 2.22. The van der Waals surface area contributed by atoms with E-state index in [-0.39, 0.29) is 0 Å². The summed E-state index contributed by atoms with van der Waals surface area (Å²) in [4.78, 5) is 29.7. The van der Waals surface area contributed by atoms with Gasteiger partial charge in [-0.05, 0) is 51.1 Å². The zero-order valence-electron chi connectivity index (χ0n) is 19.1. The Morgan fingerprint density at radius 3 is 2.29 bits per heavy atom. The van der Waals surface area contributed by atoms with Gasteiger partial charge in [-0.3, -0.25) is 0 Å². The van der Waals surface area contributed by atoms with Crippen molar-refractivity contribution in [2.24, 2.45) is 5.16 Å². The lowest BCUT2D eigenvalue weighted by Crippen LogP contribution is -2.44. The highest BCUT2D eigenvalue weighted by Gasteiger charge is 2.14. The summed E-state index contributed by atoms with van der Waals surface area (Å²) >= 11 is 0. The number of piperazine rings is 1. The number of aliphatic carboxylic acids is 2. The van der Waals surface area contributed by atoms with E-state index in [1.165, 1.54) is 76.0 Å². The molecule has 1 heterocycles. The average molecular weight is 438 g/mol. The third-order valence-electron chi connectivity index (χ3n) is 5.28. The average Bonchev–Trinajstić information content (AvgIpc) is 2.75. The minimum Gasteiger partial charge on any atom is -0.478 e. The van der Waals surface area contributed by atoms with Crippen LogP contribution in [0, 0.1) is 0 Å². The number of oxime groups is 1. The lowest BCUT2D eigenvalue weighted by Gasteiger charge is -2.32. The largest absolute Gasteiger partial charge is 0.478 e. The molecule has 2 aliphatic rings. The molecule has 0 aromatic heterocycles. The van der Waals surface area contributed by atoms with Crippen LogP contribution in [0.1, 0.15) is 58.3 Å². The molecule has 31 heavy (non-hydrogen) atoms. The first-order valence-electron chi connectivity index (χ1n) is 11.4. The maximum absolute atomic E-state index is 9.55. The number of likely N-dealkylation sites (N-methyl/N-ethyl adjacent to an activating group) is 1. The van der Waals surface area contributed by atoms with Crippen molar-refractivity contribution in [2.45, 2.75) is 58.3 Å². The summed E-state index contributed by atoms with van der Waals surface area (Å²) in [5.74, 6) is -2.51. The molecular weight excluding hydrogens is 398 g/mol. The number of rotatable bonds is 10. The number of hydrogen-bond donors (Lipinski definition) is 2. The van der Waals surface area contributed by atoms with Gasteiger partial charge in [-0.15, -0.1) is 0 Å². The molecule has 8 heteroatoms. The Labute approximate surface area is 186 Å². The molecule has 1 saturated heterocycles. The van der Waals surface area contributed by atoms with E-state index < -0.39 is 11.9 Å². The van der Waals surface area contributed by atoms with Crippen LogP contribution in [-0.4, -0.2) is 84.0 Å². The van der Waals surface area contributed by atoms with Gasteiger partial charge in [0.2, 0.25) is 0 Å². The summed E-state index contributed by atoms with van der Waals surface area (Å²) in [6.07, 6.45) is 13.2. The van der Waals surface area contributed by atoms with Crippen LogP contribution in [0.4, 0.5) is 0 Å². The van der Waals surface area contributed by atoms with Crippen molar-refractivity contribution in [3.8, 4) is 0 Å². The van der Waals surface area contributed by atoms with Gasteiger partial charge in [0.05, 0.1) is 5.71 Å². The highest BCUT2D eigenvalue weighted by atomic mass is 16.6. The first kappa shape index (κ1) is 26.8. The third kappa shape index (κ3) is 13.7. The second-order valence-electron chi connectivity index (χ2n) is 7.96. The summed E-state index contributed by atoms with van der Waals surface area (Å²) in [6.45, 7) is 8.89. The van der Waals surface area contributed by atoms with Crippen molar-refractivity contribution in [2.75, 3.05) is 46.4 Å². The van der Waals surface area contributed by atoms with Gasteiger partial charge < -0.3 is 24.9 Å². The first-order valence-corrected chi connectivity index (χ1v) is 11.4. The summed E-state index contributed by atoms with van der Waals surface area (Å²) in [5.41, 5.74) is 2.66.